The van der Waals surface area contributed by atoms with Crippen molar-refractivity contribution in [1.29, 1.82) is 0 Å². The molecule has 3 rings (SSSR count). The first-order valence-corrected chi connectivity index (χ1v) is 13.4. The van der Waals surface area contributed by atoms with Gasteiger partial charge in [-0.05, 0) is 44.4 Å². The summed E-state index contributed by atoms with van der Waals surface area (Å²) >= 11 is 0. The number of para-hydroxylation sites is 1. The Labute approximate surface area is 209 Å². The van der Waals surface area contributed by atoms with E-state index < -0.39 is 28.7 Å². The molecule has 1 aliphatic rings. The molecule has 0 spiro atoms. The summed E-state index contributed by atoms with van der Waals surface area (Å²) in [5.41, 5.74) is 2.30. The minimum Gasteiger partial charge on any atom is -0.352 e. The molecule has 2 amide bonds. The molecule has 8 nitrogen and oxygen atoms in total. The number of nitrogens with one attached hydrogen (secondary N) is 1. The normalized spacial score (nSPS) is 15.1. The number of hydrogen-bond acceptors (Lipinski definition) is 4. The Morgan fingerprint density at radius 3 is 2.29 bits per heavy atom. The molecule has 0 saturated heterocycles. The highest BCUT2D eigenvalue weighted by molar-refractivity contribution is 7.90. The summed E-state index contributed by atoms with van der Waals surface area (Å²) in [6, 6.07) is 15.6. The minimum atomic E-state index is -3.95. The maximum absolute atomic E-state index is 13.7. The molecule has 0 unspecified atom stereocenters. The van der Waals surface area contributed by atoms with Crippen molar-refractivity contribution < 1.29 is 18.0 Å². The van der Waals surface area contributed by atoms with Crippen LogP contribution in [0, 0.1) is 6.92 Å². The van der Waals surface area contributed by atoms with E-state index in [1.165, 1.54) is 19.0 Å². The molecule has 35 heavy (non-hydrogen) atoms. The third kappa shape index (κ3) is 6.82. The third-order valence-electron chi connectivity index (χ3n) is 6.37. The molecule has 2 aromatic rings. The molecule has 9 heteroatoms. The number of aryl methyl sites for hydroxylation is 1. The SMILES string of the molecule is Cc1cccc(CN(C(=O)CN(c2ccccc2)S(=O)(=O)N(C)C)[C@H](C)C(=O)NC2CCCC2)c1. The molecule has 1 N–H and O–H groups in total. The Morgan fingerprint density at radius 2 is 1.69 bits per heavy atom. The van der Waals surface area contributed by atoms with Crippen molar-refractivity contribution in [3.8, 4) is 0 Å². The van der Waals surface area contributed by atoms with Gasteiger partial charge in [0.1, 0.15) is 12.6 Å². The first-order valence-electron chi connectivity index (χ1n) is 12.0. The van der Waals surface area contributed by atoms with E-state index in [1.54, 1.807) is 37.3 Å². The van der Waals surface area contributed by atoms with Crippen LogP contribution in [0.2, 0.25) is 0 Å². The Hall–Kier alpha value is -2.91. The van der Waals surface area contributed by atoms with Crippen LogP contribution in [0.5, 0.6) is 0 Å². The predicted octanol–water partition coefficient (Wildman–Crippen LogP) is 3.08. The zero-order chi connectivity index (χ0) is 25.6. The second kappa shape index (κ2) is 11.7. The zero-order valence-corrected chi connectivity index (χ0v) is 21.8. The summed E-state index contributed by atoms with van der Waals surface area (Å²) < 4.78 is 28.4. The number of amides is 2. The molecule has 2 aromatic carbocycles. The van der Waals surface area contributed by atoms with Gasteiger partial charge in [-0.2, -0.15) is 12.7 Å². The number of carbonyl (C=O) groups is 2. The van der Waals surface area contributed by atoms with Crippen LogP contribution < -0.4 is 9.62 Å². The van der Waals surface area contributed by atoms with Crippen molar-refractivity contribution in [3.63, 3.8) is 0 Å². The summed E-state index contributed by atoms with van der Waals surface area (Å²) in [7, 11) is -1.09. The van der Waals surface area contributed by atoms with E-state index >= 15 is 0 Å². The van der Waals surface area contributed by atoms with E-state index in [2.05, 4.69) is 5.32 Å². The Bertz CT molecular complexity index is 1120. The largest absolute Gasteiger partial charge is 0.352 e. The molecular weight excluding hydrogens is 464 g/mol. The number of hydrogen-bond donors (Lipinski definition) is 1. The summed E-state index contributed by atoms with van der Waals surface area (Å²) in [5, 5.41) is 3.07. The molecular formula is C26H36N4O4S. The van der Waals surface area contributed by atoms with Gasteiger partial charge in [0, 0.05) is 26.7 Å². The molecule has 0 aliphatic heterocycles. The molecule has 190 valence electrons. The number of nitrogens with zero attached hydrogens (tertiary/aromatic N) is 3. The fourth-order valence-electron chi connectivity index (χ4n) is 4.29. The van der Waals surface area contributed by atoms with Gasteiger partial charge in [-0.15, -0.1) is 0 Å². The maximum Gasteiger partial charge on any atom is 0.304 e. The van der Waals surface area contributed by atoms with E-state index in [9.17, 15) is 18.0 Å². The van der Waals surface area contributed by atoms with Crippen LogP contribution in [-0.2, 0) is 26.3 Å². The first-order chi connectivity index (χ1) is 16.6. The molecule has 1 fully saturated rings. The Morgan fingerprint density at radius 1 is 1.03 bits per heavy atom. The summed E-state index contributed by atoms with van der Waals surface area (Å²) in [4.78, 5) is 28.3. The lowest BCUT2D eigenvalue weighted by atomic mass is 10.1. The highest BCUT2D eigenvalue weighted by Crippen LogP contribution is 2.21. The molecule has 1 aliphatic carbocycles. The highest BCUT2D eigenvalue weighted by Gasteiger charge is 2.33. The van der Waals surface area contributed by atoms with Gasteiger partial charge in [-0.25, -0.2) is 4.31 Å². The van der Waals surface area contributed by atoms with Gasteiger partial charge in [-0.3, -0.25) is 9.59 Å². The van der Waals surface area contributed by atoms with Gasteiger partial charge < -0.3 is 10.2 Å². The molecule has 0 aromatic heterocycles. The van der Waals surface area contributed by atoms with Crippen LogP contribution in [0.25, 0.3) is 0 Å². The van der Waals surface area contributed by atoms with Gasteiger partial charge in [0.2, 0.25) is 11.8 Å². The number of rotatable bonds is 10. The van der Waals surface area contributed by atoms with Crippen LogP contribution in [0.4, 0.5) is 5.69 Å². The molecule has 0 radical (unpaired) electrons. The fraction of sp³-hybridized carbons (Fsp3) is 0.462. The molecule has 1 saturated carbocycles. The highest BCUT2D eigenvalue weighted by atomic mass is 32.2. The number of carbonyl (C=O) groups excluding carboxylic acids is 2. The van der Waals surface area contributed by atoms with Gasteiger partial charge in [-0.1, -0.05) is 60.9 Å². The van der Waals surface area contributed by atoms with Crippen molar-refractivity contribution in [2.24, 2.45) is 0 Å². The molecule has 0 bridgehead atoms. The summed E-state index contributed by atoms with van der Waals surface area (Å²) in [6.07, 6.45) is 4.04. The van der Waals surface area contributed by atoms with Crippen molar-refractivity contribution in [3.05, 3.63) is 65.7 Å². The average molecular weight is 501 g/mol. The quantitative estimate of drug-likeness (QED) is 0.543. The fourth-order valence-corrected chi connectivity index (χ4v) is 5.35. The van der Waals surface area contributed by atoms with Crippen LogP contribution in [0.3, 0.4) is 0 Å². The van der Waals surface area contributed by atoms with E-state index in [4.69, 9.17) is 0 Å². The monoisotopic (exact) mass is 500 g/mol. The zero-order valence-electron chi connectivity index (χ0n) is 21.0. The summed E-state index contributed by atoms with van der Waals surface area (Å²) in [5.74, 6) is -0.672. The van der Waals surface area contributed by atoms with Crippen LogP contribution in [-0.4, -0.2) is 62.2 Å². The second-order valence-corrected chi connectivity index (χ2v) is 11.4. The van der Waals surface area contributed by atoms with E-state index in [-0.39, 0.29) is 18.5 Å². The van der Waals surface area contributed by atoms with Gasteiger partial charge in [0.05, 0.1) is 5.69 Å². The van der Waals surface area contributed by atoms with Crippen molar-refractivity contribution >= 4 is 27.7 Å². The maximum atomic E-state index is 13.7. The van der Waals surface area contributed by atoms with Gasteiger partial charge >= 0.3 is 10.2 Å². The lowest BCUT2D eigenvalue weighted by Gasteiger charge is -2.33. The van der Waals surface area contributed by atoms with Crippen molar-refractivity contribution in [1.82, 2.24) is 14.5 Å². The molecule has 0 heterocycles. The van der Waals surface area contributed by atoms with Crippen LogP contribution in [0.15, 0.2) is 54.6 Å². The van der Waals surface area contributed by atoms with Crippen molar-refractivity contribution in [2.45, 2.75) is 58.2 Å². The van der Waals surface area contributed by atoms with E-state index in [0.29, 0.717) is 5.69 Å². The standard InChI is InChI=1S/C26H36N4O4S/c1-20-11-10-12-22(17-20)18-29(21(2)26(32)27-23-13-8-9-14-23)25(31)19-30(35(33,34)28(3)4)24-15-6-5-7-16-24/h5-7,10-12,15-17,21,23H,8-9,13-14,18-19H2,1-4H3,(H,27,32)/t21-/m1/s1. The Balaban J connectivity index is 1.90. The number of benzene rings is 2. The van der Waals surface area contributed by atoms with Crippen molar-refractivity contribution in [2.75, 3.05) is 24.9 Å². The van der Waals surface area contributed by atoms with Gasteiger partial charge in [0.15, 0.2) is 0 Å². The topological polar surface area (TPSA) is 90.0 Å². The van der Waals surface area contributed by atoms with Crippen LogP contribution >= 0.6 is 0 Å². The Kier molecular flexibility index (Phi) is 8.91. The predicted molar refractivity (Wildman–Crippen MR) is 138 cm³/mol. The smallest absolute Gasteiger partial charge is 0.304 e. The lowest BCUT2D eigenvalue weighted by molar-refractivity contribution is -0.139. The minimum absolute atomic E-state index is 0.121. The average Bonchev–Trinajstić information content (AvgIpc) is 3.33. The van der Waals surface area contributed by atoms with Gasteiger partial charge in [0.25, 0.3) is 0 Å². The first kappa shape index (κ1) is 26.7. The third-order valence-corrected chi connectivity index (χ3v) is 8.19. The van der Waals surface area contributed by atoms with E-state index in [1.807, 2.05) is 31.2 Å². The second-order valence-electron chi connectivity index (χ2n) is 9.31. The summed E-state index contributed by atoms with van der Waals surface area (Å²) in [6.45, 7) is 3.44. The number of anilines is 1. The van der Waals surface area contributed by atoms with E-state index in [0.717, 1.165) is 45.4 Å². The van der Waals surface area contributed by atoms with Crippen LogP contribution in [0.1, 0.15) is 43.7 Å². The lowest BCUT2D eigenvalue weighted by Crippen LogP contribution is -2.53. The molecule has 1 atom stereocenters.